The van der Waals surface area contributed by atoms with Gasteiger partial charge in [-0.05, 0) is 66.0 Å². The van der Waals surface area contributed by atoms with Crippen LogP contribution in [0.4, 0.5) is 10.1 Å². The fraction of sp³-hybridized carbons (Fsp3) is 0.238. The molecule has 0 amide bonds. The lowest BCUT2D eigenvalue weighted by atomic mass is 10.0. The zero-order valence-electron chi connectivity index (χ0n) is 15.8. The lowest BCUT2D eigenvalue weighted by Gasteiger charge is -2.10. The van der Waals surface area contributed by atoms with Crippen LogP contribution in [0.25, 0.3) is 22.6 Å². The van der Waals surface area contributed by atoms with Crippen molar-refractivity contribution in [1.29, 1.82) is 0 Å². The zero-order chi connectivity index (χ0) is 19.6. The van der Waals surface area contributed by atoms with Gasteiger partial charge in [0.25, 0.3) is 0 Å². The highest BCUT2D eigenvalue weighted by atomic mass is 79.9. The summed E-state index contributed by atoms with van der Waals surface area (Å²) in [7, 11) is 1.99. The summed E-state index contributed by atoms with van der Waals surface area (Å²) < 4.78 is 19.7. The van der Waals surface area contributed by atoms with Crippen LogP contribution in [0.5, 0.6) is 0 Å². The molecule has 1 aromatic heterocycles. The van der Waals surface area contributed by atoms with Gasteiger partial charge in [-0.2, -0.15) is 0 Å². The third kappa shape index (κ3) is 4.11. The fourth-order valence-electron chi connectivity index (χ4n) is 2.68. The summed E-state index contributed by atoms with van der Waals surface area (Å²) in [6.45, 7) is 7.00. The quantitative estimate of drug-likeness (QED) is 0.361. The molecule has 0 unspecified atom stereocenters. The molecule has 0 aliphatic carbocycles. The SMILES string of the molecule is CCN(C)/C=N\c1cc(C)c(-c2cc(-c3cccc(F)c3Br)no2)cc1C. The Morgan fingerprint density at radius 1 is 1.19 bits per heavy atom. The first kappa shape index (κ1) is 19.3. The molecule has 0 atom stereocenters. The first-order chi connectivity index (χ1) is 12.9. The molecule has 0 fully saturated rings. The van der Waals surface area contributed by atoms with Gasteiger partial charge in [0.05, 0.1) is 16.5 Å². The summed E-state index contributed by atoms with van der Waals surface area (Å²) in [4.78, 5) is 6.57. The van der Waals surface area contributed by atoms with Crippen molar-refractivity contribution in [2.45, 2.75) is 20.8 Å². The maximum absolute atomic E-state index is 13.8. The van der Waals surface area contributed by atoms with Crippen LogP contribution >= 0.6 is 15.9 Å². The lowest BCUT2D eigenvalue weighted by molar-refractivity contribution is 0.434. The molecule has 0 aliphatic rings. The van der Waals surface area contributed by atoms with Gasteiger partial charge < -0.3 is 9.42 Å². The standard InChI is InChI=1S/C21H21BrFN3O/c1-5-26(4)12-24-18-10-13(2)16(9-14(18)3)20-11-19(25-27-20)15-7-6-8-17(23)21(15)22/h6-12H,5H2,1-4H3/b24-12-. The third-order valence-corrected chi connectivity index (χ3v) is 5.24. The molecule has 0 spiro atoms. The summed E-state index contributed by atoms with van der Waals surface area (Å²) in [5.74, 6) is 0.311. The average Bonchev–Trinajstić information content (AvgIpc) is 3.13. The Hall–Kier alpha value is -2.47. The van der Waals surface area contributed by atoms with Gasteiger partial charge in [-0.25, -0.2) is 9.38 Å². The molecule has 3 rings (SSSR count). The van der Waals surface area contributed by atoms with Crippen molar-refractivity contribution in [2.24, 2.45) is 4.99 Å². The van der Waals surface area contributed by atoms with E-state index in [4.69, 9.17) is 4.52 Å². The Labute approximate surface area is 166 Å². The van der Waals surface area contributed by atoms with Gasteiger partial charge in [0.1, 0.15) is 11.5 Å². The average molecular weight is 430 g/mol. The van der Waals surface area contributed by atoms with Gasteiger partial charge >= 0.3 is 0 Å². The van der Waals surface area contributed by atoms with E-state index in [9.17, 15) is 4.39 Å². The lowest BCUT2D eigenvalue weighted by Crippen LogP contribution is -2.14. The predicted octanol–water partition coefficient (Wildman–Crippen LogP) is 6.14. The van der Waals surface area contributed by atoms with E-state index < -0.39 is 0 Å². The number of nitrogens with zero attached hydrogens (tertiary/aromatic N) is 3. The van der Waals surface area contributed by atoms with Crippen LogP contribution in [-0.2, 0) is 0 Å². The fourth-order valence-corrected chi connectivity index (χ4v) is 3.15. The zero-order valence-corrected chi connectivity index (χ0v) is 17.3. The Balaban J connectivity index is 1.96. The number of hydrogen-bond acceptors (Lipinski definition) is 3. The van der Waals surface area contributed by atoms with E-state index in [-0.39, 0.29) is 5.82 Å². The van der Waals surface area contributed by atoms with E-state index in [0.717, 1.165) is 28.9 Å². The normalized spacial score (nSPS) is 11.3. The van der Waals surface area contributed by atoms with Crippen molar-refractivity contribution in [3.05, 3.63) is 57.8 Å². The first-order valence-electron chi connectivity index (χ1n) is 8.67. The van der Waals surface area contributed by atoms with E-state index in [1.165, 1.54) is 6.07 Å². The van der Waals surface area contributed by atoms with Crippen molar-refractivity contribution in [3.8, 4) is 22.6 Å². The van der Waals surface area contributed by atoms with Gasteiger partial charge in [0.2, 0.25) is 0 Å². The molecular formula is C21H21BrFN3O. The number of aliphatic imine (C=N–C) groups is 1. The predicted molar refractivity (Wildman–Crippen MR) is 111 cm³/mol. The monoisotopic (exact) mass is 429 g/mol. The molecule has 27 heavy (non-hydrogen) atoms. The van der Waals surface area contributed by atoms with Crippen LogP contribution < -0.4 is 0 Å². The third-order valence-electron chi connectivity index (χ3n) is 4.44. The van der Waals surface area contributed by atoms with Crippen molar-refractivity contribution < 1.29 is 8.91 Å². The smallest absolute Gasteiger partial charge is 0.167 e. The molecule has 0 bridgehead atoms. The maximum atomic E-state index is 13.8. The topological polar surface area (TPSA) is 41.6 Å². The number of rotatable bonds is 5. The minimum atomic E-state index is -0.330. The van der Waals surface area contributed by atoms with Crippen LogP contribution in [0.15, 0.2) is 50.4 Å². The van der Waals surface area contributed by atoms with E-state index in [1.54, 1.807) is 12.1 Å². The second-order valence-electron chi connectivity index (χ2n) is 6.45. The van der Waals surface area contributed by atoms with Crippen LogP contribution in [-0.4, -0.2) is 30.0 Å². The number of hydrogen-bond donors (Lipinski definition) is 0. The van der Waals surface area contributed by atoms with E-state index in [0.29, 0.717) is 21.5 Å². The molecule has 140 valence electrons. The number of aromatic nitrogens is 1. The van der Waals surface area contributed by atoms with Gasteiger partial charge in [0, 0.05) is 30.8 Å². The minimum absolute atomic E-state index is 0.330. The molecule has 0 saturated heterocycles. The number of benzene rings is 2. The largest absolute Gasteiger partial charge is 0.366 e. The highest BCUT2D eigenvalue weighted by molar-refractivity contribution is 9.10. The molecule has 3 aromatic rings. The highest BCUT2D eigenvalue weighted by Crippen LogP contribution is 2.35. The Morgan fingerprint density at radius 3 is 2.70 bits per heavy atom. The number of halogens is 2. The minimum Gasteiger partial charge on any atom is -0.366 e. The van der Waals surface area contributed by atoms with E-state index >= 15 is 0 Å². The second kappa shape index (κ2) is 8.05. The molecule has 0 radical (unpaired) electrons. The van der Waals surface area contributed by atoms with Crippen LogP contribution in [0, 0.1) is 19.7 Å². The molecular weight excluding hydrogens is 409 g/mol. The van der Waals surface area contributed by atoms with Crippen LogP contribution in [0.1, 0.15) is 18.1 Å². The summed E-state index contributed by atoms with van der Waals surface area (Å²) in [5.41, 5.74) is 5.18. The van der Waals surface area contributed by atoms with Crippen molar-refractivity contribution in [3.63, 3.8) is 0 Å². The molecule has 1 heterocycles. The van der Waals surface area contributed by atoms with Gasteiger partial charge in [-0.1, -0.05) is 17.3 Å². The Kier molecular flexibility index (Phi) is 5.75. The van der Waals surface area contributed by atoms with Gasteiger partial charge in [-0.15, -0.1) is 0 Å². The van der Waals surface area contributed by atoms with Crippen molar-refractivity contribution in [1.82, 2.24) is 10.1 Å². The Morgan fingerprint density at radius 2 is 1.96 bits per heavy atom. The molecule has 4 nitrogen and oxygen atoms in total. The van der Waals surface area contributed by atoms with Crippen molar-refractivity contribution in [2.75, 3.05) is 13.6 Å². The summed E-state index contributed by atoms with van der Waals surface area (Å²) in [6, 6.07) is 10.8. The maximum Gasteiger partial charge on any atom is 0.167 e. The van der Waals surface area contributed by atoms with Crippen LogP contribution in [0.2, 0.25) is 0 Å². The number of aryl methyl sites for hydroxylation is 2. The summed E-state index contributed by atoms with van der Waals surface area (Å²) >= 11 is 3.28. The van der Waals surface area contributed by atoms with E-state index in [1.807, 2.05) is 50.3 Å². The van der Waals surface area contributed by atoms with Crippen LogP contribution in [0.3, 0.4) is 0 Å². The van der Waals surface area contributed by atoms with Gasteiger partial charge in [0.15, 0.2) is 5.76 Å². The second-order valence-corrected chi connectivity index (χ2v) is 7.24. The highest BCUT2D eigenvalue weighted by Gasteiger charge is 2.15. The molecule has 0 saturated carbocycles. The Bertz CT molecular complexity index is 997. The van der Waals surface area contributed by atoms with Crippen molar-refractivity contribution >= 4 is 28.0 Å². The summed E-state index contributed by atoms with van der Waals surface area (Å²) in [5, 5.41) is 4.12. The molecule has 0 aliphatic heterocycles. The molecule has 0 N–H and O–H groups in total. The first-order valence-corrected chi connectivity index (χ1v) is 9.47. The summed E-state index contributed by atoms with van der Waals surface area (Å²) in [6.07, 6.45) is 1.83. The molecule has 2 aromatic carbocycles. The molecule has 6 heteroatoms. The van der Waals surface area contributed by atoms with E-state index in [2.05, 4.69) is 33.0 Å². The van der Waals surface area contributed by atoms with Gasteiger partial charge in [-0.3, -0.25) is 0 Å².